The summed E-state index contributed by atoms with van der Waals surface area (Å²) in [5.41, 5.74) is 1.50. The van der Waals surface area contributed by atoms with Crippen LogP contribution in [0.3, 0.4) is 0 Å². The number of hydrogen-bond donors (Lipinski definition) is 0. The molecule has 1 aromatic rings. The van der Waals surface area contributed by atoms with E-state index < -0.39 is 0 Å². The van der Waals surface area contributed by atoms with Gasteiger partial charge in [0.1, 0.15) is 5.69 Å². The summed E-state index contributed by atoms with van der Waals surface area (Å²) in [7, 11) is 0. The van der Waals surface area contributed by atoms with E-state index in [1.165, 1.54) is 0 Å². The molecule has 0 aliphatic carbocycles. The molecule has 1 fully saturated rings. The van der Waals surface area contributed by atoms with Crippen LogP contribution in [0.1, 0.15) is 86.1 Å². The molecule has 0 radical (unpaired) electrons. The maximum absolute atomic E-state index is 13.2. The van der Waals surface area contributed by atoms with Gasteiger partial charge in [0.05, 0.1) is 5.69 Å². The first-order valence-electron chi connectivity index (χ1n) is 10.7. The molecule has 3 heterocycles. The quantitative estimate of drug-likeness (QED) is 0.767. The molecule has 1 saturated heterocycles. The van der Waals surface area contributed by atoms with Gasteiger partial charge in [0.25, 0.3) is 11.8 Å². The standard InChI is InChI=1S/C21H34N4O2/c1-4-11-23(12-5-2)21(27)19-22-18(17-8-6-7-13-25(17)19)20(26)24-14-9-16(3)10-15-24/h16H,4-15H2,1-3H3. The Labute approximate surface area is 162 Å². The van der Waals surface area contributed by atoms with Crippen molar-refractivity contribution >= 4 is 11.8 Å². The van der Waals surface area contributed by atoms with E-state index in [0.717, 1.165) is 83.4 Å². The fourth-order valence-electron chi connectivity index (χ4n) is 4.24. The smallest absolute Gasteiger partial charge is 0.289 e. The number of nitrogens with zero attached hydrogens (tertiary/aromatic N) is 4. The lowest BCUT2D eigenvalue weighted by atomic mass is 9.98. The van der Waals surface area contributed by atoms with E-state index in [4.69, 9.17) is 0 Å². The van der Waals surface area contributed by atoms with Crippen molar-refractivity contribution in [3.05, 3.63) is 17.2 Å². The van der Waals surface area contributed by atoms with Gasteiger partial charge in [-0.15, -0.1) is 0 Å². The van der Waals surface area contributed by atoms with Gasteiger partial charge in [-0.3, -0.25) is 9.59 Å². The van der Waals surface area contributed by atoms with Gasteiger partial charge in [0.2, 0.25) is 0 Å². The maximum atomic E-state index is 13.2. The highest BCUT2D eigenvalue weighted by molar-refractivity contribution is 5.97. The average molecular weight is 375 g/mol. The van der Waals surface area contributed by atoms with Gasteiger partial charge in [-0.1, -0.05) is 20.8 Å². The summed E-state index contributed by atoms with van der Waals surface area (Å²) in [6, 6.07) is 0. The number of hydrogen-bond acceptors (Lipinski definition) is 3. The van der Waals surface area contributed by atoms with Crippen molar-refractivity contribution in [2.75, 3.05) is 26.2 Å². The predicted octanol–water partition coefficient (Wildman–Crippen LogP) is 3.35. The molecule has 0 aromatic carbocycles. The molecule has 6 nitrogen and oxygen atoms in total. The molecule has 2 amide bonds. The molecule has 0 N–H and O–H groups in total. The summed E-state index contributed by atoms with van der Waals surface area (Å²) < 4.78 is 2.03. The van der Waals surface area contributed by atoms with Crippen molar-refractivity contribution in [1.82, 2.24) is 19.4 Å². The van der Waals surface area contributed by atoms with Crippen molar-refractivity contribution < 1.29 is 9.59 Å². The number of carbonyl (C=O) groups is 2. The highest BCUT2D eigenvalue weighted by Crippen LogP contribution is 2.25. The third kappa shape index (κ3) is 4.19. The molecule has 3 rings (SSSR count). The largest absolute Gasteiger partial charge is 0.337 e. The van der Waals surface area contributed by atoms with Crippen molar-refractivity contribution in [2.24, 2.45) is 5.92 Å². The number of rotatable bonds is 6. The first-order valence-corrected chi connectivity index (χ1v) is 10.7. The number of likely N-dealkylation sites (tertiary alicyclic amines) is 1. The third-order valence-corrected chi connectivity index (χ3v) is 5.86. The van der Waals surface area contributed by atoms with Crippen LogP contribution >= 0.6 is 0 Å². The monoisotopic (exact) mass is 374 g/mol. The van der Waals surface area contributed by atoms with Gasteiger partial charge < -0.3 is 14.4 Å². The van der Waals surface area contributed by atoms with Crippen LogP contribution in [0.15, 0.2) is 0 Å². The Balaban J connectivity index is 1.90. The molecule has 6 heteroatoms. The normalized spacial score (nSPS) is 17.7. The van der Waals surface area contributed by atoms with E-state index >= 15 is 0 Å². The van der Waals surface area contributed by atoms with E-state index in [1.807, 2.05) is 14.4 Å². The zero-order valence-corrected chi connectivity index (χ0v) is 17.2. The summed E-state index contributed by atoms with van der Waals surface area (Å²) in [6.45, 7) is 10.3. The number of carbonyl (C=O) groups excluding carboxylic acids is 2. The van der Waals surface area contributed by atoms with E-state index in [0.29, 0.717) is 17.4 Å². The topological polar surface area (TPSA) is 58.4 Å². The molecule has 0 spiro atoms. The number of amides is 2. The van der Waals surface area contributed by atoms with E-state index in [-0.39, 0.29) is 11.8 Å². The summed E-state index contributed by atoms with van der Waals surface area (Å²) in [5.74, 6) is 1.15. The van der Waals surface area contributed by atoms with Gasteiger partial charge >= 0.3 is 0 Å². The third-order valence-electron chi connectivity index (χ3n) is 5.86. The van der Waals surface area contributed by atoms with Crippen molar-refractivity contribution in [2.45, 2.75) is 72.3 Å². The summed E-state index contributed by atoms with van der Waals surface area (Å²) in [4.78, 5) is 34.8. The van der Waals surface area contributed by atoms with Crippen LogP contribution in [0.5, 0.6) is 0 Å². The van der Waals surface area contributed by atoms with Gasteiger partial charge in [-0.05, 0) is 50.9 Å². The predicted molar refractivity (Wildman–Crippen MR) is 106 cm³/mol. The lowest BCUT2D eigenvalue weighted by Crippen LogP contribution is -2.38. The summed E-state index contributed by atoms with van der Waals surface area (Å²) >= 11 is 0. The van der Waals surface area contributed by atoms with Crippen LogP contribution in [0.4, 0.5) is 0 Å². The van der Waals surface area contributed by atoms with Crippen LogP contribution in [0.25, 0.3) is 0 Å². The van der Waals surface area contributed by atoms with Crippen molar-refractivity contribution in [1.29, 1.82) is 0 Å². The molecule has 0 unspecified atom stereocenters. The van der Waals surface area contributed by atoms with Crippen LogP contribution in [0.2, 0.25) is 0 Å². The number of piperidine rings is 1. The molecule has 1 aromatic heterocycles. The Kier molecular flexibility index (Phi) is 6.55. The average Bonchev–Trinajstić information content (AvgIpc) is 3.07. The minimum Gasteiger partial charge on any atom is -0.337 e. The van der Waals surface area contributed by atoms with E-state index in [2.05, 4.69) is 25.8 Å². The Hall–Kier alpha value is -1.85. The zero-order chi connectivity index (χ0) is 19.4. The minimum atomic E-state index is -0.0202. The number of aromatic nitrogens is 2. The number of fused-ring (bicyclic) bond motifs is 1. The highest BCUT2D eigenvalue weighted by atomic mass is 16.2. The molecule has 2 aliphatic heterocycles. The van der Waals surface area contributed by atoms with Crippen LogP contribution < -0.4 is 0 Å². The van der Waals surface area contributed by atoms with Gasteiger partial charge in [-0.25, -0.2) is 4.98 Å². The van der Waals surface area contributed by atoms with E-state index in [9.17, 15) is 9.59 Å². The molecule has 0 saturated carbocycles. The zero-order valence-electron chi connectivity index (χ0n) is 17.2. The van der Waals surface area contributed by atoms with Crippen LogP contribution in [-0.4, -0.2) is 57.3 Å². The fraction of sp³-hybridized carbons (Fsp3) is 0.762. The molecule has 2 aliphatic rings. The second-order valence-corrected chi connectivity index (χ2v) is 8.11. The molecule has 0 bridgehead atoms. The van der Waals surface area contributed by atoms with Gasteiger partial charge in [0.15, 0.2) is 5.82 Å². The molecular weight excluding hydrogens is 340 g/mol. The first kappa shape index (κ1) is 19.9. The maximum Gasteiger partial charge on any atom is 0.289 e. The van der Waals surface area contributed by atoms with Gasteiger partial charge in [0, 0.05) is 32.7 Å². The number of imidazole rings is 1. The highest BCUT2D eigenvalue weighted by Gasteiger charge is 2.32. The summed E-state index contributed by atoms with van der Waals surface area (Å²) in [6.07, 6.45) is 6.90. The fourth-order valence-corrected chi connectivity index (χ4v) is 4.24. The molecule has 27 heavy (non-hydrogen) atoms. The van der Waals surface area contributed by atoms with E-state index in [1.54, 1.807) is 0 Å². The minimum absolute atomic E-state index is 0.0177. The molecule has 150 valence electrons. The Morgan fingerprint density at radius 1 is 1.07 bits per heavy atom. The molecule has 0 atom stereocenters. The SMILES string of the molecule is CCCN(CCC)C(=O)c1nc(C(=O)N2CCC(C)CC2)c2n1CCCC2. The Morgan fingerprint density at radius 2 is 1.74 bits per heavy atom. The van der Waals surface area contributed by atoms with Crippen LogP contribution in [-0.2, 0) is 13.0 Å². The van der Waals surface area contributed by atoms with Crippen molar-refractivity contribution in [3.8, 4) is 0 Å². The molecular formula is C21H34N4O2. The van der Waals surface area contributed by atoms with Crippen LogP contribution in [0, 0.1) is 5.92 Å². The Morgan fingerprint density at radius 3 is 2.37 bits per heavy atom. The second kappa shape index (κ2) is 8.89. The van der Waals surface area contributed by atoms with Gasteiger partial charge in [-0.2, -0.15) is 0 Å². The summed E-state index contributed by atoms with van der Waals surface area (Å²) in [5, 5.41) is 0. The lowest BCUT2D eigenvalue weighted by Gasteiger charge is -2.30. The first-order chi connectivity index (χ1) is 13.1. The lowest BCUT2D eigenvalue weighted by molar-refractivity contribution is 0.0690. The van der Waals surface area contributed by atoms with Crippen molar-refractivity contribution in [3.63, 3.8) is 0 Å². The second-order valence-electron chi connectivity index (χ2n) is 8.11. The Bertz CT molecular complexity index is 668.